The molecule has 25 heavy (non-hydrogen) atoms. The third-order valence-electron chi connectivity index (χ3n) is 3.14. The summed E-state index contributed by atoms with van der Waals surface area (Å²) in [6, 6.07) is 13.2. The summed E-state index contributed by atoms with van der Waals surface area (Å²) in [6.07, 6.45) is 1.41. The highest BCUT2D eigenvalue weighted by molar-refractivity contribution is 7.99. The molecule has 0 radical (unpaired) electrons. The Bertz CT molecular complexity index is 865. The standard InChI is InChI=1S/C17H12ClN3O3S/c18-12-5-3-11(4-6-12)13(22)10-25-16-8-7-15(20-21-16)19-17(23)14-2-1-9-24-14/h1-9H,10H2,(H,19,20,23). The molecule has 0 bridgehead atoms. The van der Waals surface area contributed by atoms with Crippen molar-refractivity contribution in [2.75, 3.05) is 11.1 Å². The lowest BCUT2D eigenvalue weighted by molar-refractivity contribution is 0.0993. The van der Waals surface area contributed by atoms with Crippen LogP contribution < -0.4 is 5.32 Å². The van der Waals surface area contributed by atoms with E-state index in [0.717, 1.165) is 0 Å². The first-order valence-electron chi connectivity index (χ1n) is 7.22. The highest BCUT2D eigenvalue weighted by atomic mass is 35.5. The second-order valence-corrected chi connectivity index (χ2v) is 6.34. The molecule has 8 heteroatoms. The average Bonchev–Trinajstić information content (AvgIpc) is 3.16. The minimum atomic E-state index is -0.405. The normalized spacial score (nSPS) is 10.4. The van der Waals surface area contributed by atoms with Gasteiger partial charge < -0.3 is 9.73 Å². The van der Waals surface area contributed by atoms with Crippen LogP contribution in [0.4, 0.5) is 5.82 Å². The van der Waals surface area contributed by atoms with Crippen LogP contribution in [0, 0.1) is 0 Å². The van der Waals surface area contributed by atoms with Gasteiger partial charge in [0.25, 0.3) is 5.91 Å². The number of ketones is 1. The van der Waals surface area contributed by atoms with Crippen LogP contribution in [0.2, 0.25) is 5.02 Å². The van der Waals surface area contributed by atoms with E-state index in [4.69, 9.17) is 16.0 Å². The fourth-order valence-corrected chi connectivity index (χ4v) is 2.74. The number of benzene rings is 1. The van der Waals surface area contributed by atoms with Crippen LogP contribution in [0.3, 0.4) is 0 Å². The Morgan fingerprint density at radius 3 is 2.52 bits per heavy atom. The molecule has 3 aromatic rings. The number of anilines is 1. The summed E-state index contributed by atoms with van der Waals surface area (Å²) in [6.45, 7) is 0. The topological polar surface area (TPSA) is 85.1 Å². The van der Waals surface area contributed by atoms with Gasteiger partial charge in [-0.1, -0.05) is 23.4 Å². The number of nitrogens with zero attached hydrogens (tertiary/aromatic N) is 2. The number of carbonyl (C=O) groups excluding carboxylic acids is 2. The van der Waals surface area contributed by atoms with E-state index in [1.54, 1.807) is 48.5 Å². The molecule has 6 nitrogen and oxygen atoms in total. The SMILES string of the molecule is O=C(CSc1ccc(NC(=O)c2ccco2)nn1)c1ccc(Cl)cc1. The maximum Gasteiger partial charge on any atom is 0.292 e. The zero-order valence-electron chi connectivity index (χ0n) is 12.8. The van der Waals surface area contributed by atoms with Gasteiger partial charge in [-0.25, -0.2) is 0 Å². The fraction of sp³-hybridized carbons (Fsp3) is 0.0588. The summed E-state index contributed by atoms with van der Waals surface area (Å²) in [7, 11) is 0. The van der Waals surface area contributed by atoms with Crippen LogP contribution in [0.25, 0.3) is 0 Å². The minimum absolute atomic E-state index is 0.0290. The summed E-state index contributed by atoms with van der Waals surface area (Å²) < 4.78 is 5.00. The molecule has 1 aromatic carbocycles. The molecular formula is C17H12ClN3O3S. The van der Waals surface area contributed by atoms with Gasteiger partial charge >= 0.3 is 0 Å². The number of rotatable bonds is 6. The summed E-state index contributed by atoms with van der Waals surface area (Å²) in [5, 5.41) is 11.6. The zero-order valence-corrected chi connectivity index (χ0v) is 14.4. The molecule has 1 amide bonds. The molecule has 0 aliphatic rings. The largest absolute Gasteiger partial charge is 0.459 e. The number of aromatic nitrogens is 2. The summed E-state index contributed by atoms with van der Waals surface area (Å²) in [5.74, 6) is 0.286. The van der Waals surface area contributed by atoms with E-state index in [1.807, 2.05) is 0 Å². The van der Waals surface area contributed by atoms with E-state index < -0.39 is 5.91 Å². The number of carbonyl (C=O) groups is 2. The van der Waals surface area contributed by atoms with E-state index in [2.05, 4.69) is 15.5 Å². The number of thioether (sulfide) groups is 1. The minimum Gasteiger partial charge on any atom is -0.459 e. The number of hydrogen-bond donors (Lipinski definition) is 1. The number of furan rings is 1. The monoisotopic (exact) mass is 373 g/mol. The van der Waals surface area contributed by atoms with Crippen molar-refractivity contribution in [2.45, 2.75) is 5.03 Å². The highest BCUT2D eigenvalue weighted by Crippen LogP contribution is 2.18. The Labute approximate surface area is 152 Å². The van der Waals surface area contributed by atoms with Gasteiger partial charge in [0, 0.05) is 10.6 Å². The van der Waals surface area contributed by atoms with Gasteiger partial charge in [0.2, 0.25) is 0 Å². The number of hydrogen-bond acceptors (Lipinski definition) is 6. The second-order valence-electron chi connectivity index (χ2n) is 4.91. The molecule has 0 aliphatic heterocycles. The predicted octanol–water partition coefficient (Wildman–Crippen LogP) is 3.95. The van der Waals surface area contributed by atoms with Crippen LogP contribution in [0.5, 0.6) is 0 Å². The third kappa shape index (κ3) is 4.68. The lowest BCUT2D eigenvalue weighted by atomic mass is 10.1. The Hall–Kier alpha value is -2.64. The van der Waals surface area contributed by atoms with Gasteiger partial charge in [-0.2, -0.15) is 0 Å². The van der Waals surface area contributed by atoms with E-state index in [1.165, 1.54) is 18.0 Å². The van der Waals surface area contributed by atoms with Crippen LogP contribution in [0.15, 0.2) is 64.2 Å². The molecular weight excluding hydrogens is 362 g/mol. The molecule has 0 aliphatic carbocycles. The number of nitrogens with one attached hydrogen (secondary N) is 1. The zero-order chi connectivity index (χ0) is 17.6. The maximum atomic E-state index is 12.1. The molecule has 0 unspecified atom stereocenters. The van der Waals surface area contributed by atoms with Crippen molar-refractivity contribution < 1.29 is 14.0 Å². The quantitative estimate of drug-likeness (QED) is 0.520. The molecule has 0 saturated carbocycles. The van der Waals surface area contributed by atoms with Crippen LogP contribution in [-0.4, -0.2) is 27.6 Å². The van der Waals surface area contributed by atoms with Gasteiger partial charge in [0.1, 0.15) is 5.03 Å². The molecule has 1 N–H and O–H groups in total. The van der Waals surface area contributed by atoms with Gasteiger partial charge in [-0.15, -0.1) is 10.2 Å². The Kier molecular flexibility index (Phi) is 5.47. The first-order chi connectivity index (χ1) is 12.1. The Balaban J connectivity index is 1.54. The van der Waals surface area contributed by atoms with Crippen LogP contribution in [-0.2, 0) is 0 Å². The number of Topliss-reactive ketones (excluding diaryl/α,β-unsaturated/α-hetero) is 1. The molecule has 0 saturated heterocycles. The summed E-state index contributed by atoms with van der Waals surface area (Å²) in [5.41, 5.74) is 0.590. The van der Waals surface area contributed by atoms with E-state index in [-0.39, 0.29) is 17.3 Å². The van der Waals surface area contributed by atoms with Crippen LogP contribution in [0.1, 0.15) is 20.9 Å². The van der Waals surface area contributed by atoms with Crippen molar-refractivity contribution in [1.82, 2.24) is 10.2 Å². The van der Waals surface area contributed by atoms with Crippen molar-refractivity contribution in [3.05, 3.63) is 71.1 Å². The van der Waals surface area contributed by atoms with E-state index in [9.17, 15) is 9.59 Å². The number of halogens is 1. The van der Waals surface area contributed by atoms with Crippen molar-refractivity contribution in [2.24, 2.45) is 0 Å². The summed E-state index contributed by atoms with van der Waals surface area (Å²) >= 11 is 7.07. The average molecular weight is 374 g/mol. The van der Waals surface area contributed by atoms with Crippen LogP contribution >= 0.6 is 23.4 Å². The highest BCUT2D eigenvalue weighted by Gasteiger charge is 2.11. The smallest absolute Gasteiger partial charge is 0.292 e. The van der Waals surface area contributed by atoms with E-state index >= 15 is 0 Å². The number of amides is 1. The first kappa shape index (κ1) is 17.2. The van der Waals surface area contributed by atoms with Crippen molar-refractivity contribution >= 4 is 40.9 Å². The Morgan fingerprint density at radius 1 is 1.08 bits per heavy atom. The van der Waals surface area contributed by atoms with Gasteiger partial charge in [0.15, 0.2) is 17.4 Å². The van der Waals surface area contributed by atoms with Gasteiger partial charge in [-0.3, -0.25) is 9.59 Å². The molecule has 2 heterocycles. The van der Waals surface area contributed by atoms with Crippen molar-refractivity contribution in [1.29, 1.82) is 0 Å². The fourth-order valence-electron chi connectivity index (χ4n) is 1.91. The first-order valence-corrected chi connectivity index (χ1v) is 8.58. The summed E-state index contributed by atoms with van der Waals surface area (Å²) in [4.78, 5) is 23.9. The molecule has 3 rings (SSSR count). The molecule has 2 aromatic heterocycles. The molecule has 0 fully saturated rings. The van der Waals surface area contributed by atoms with Crippen molar-refractivity contribution in [3.63, 3.8) is 0 Å². The second kappa shape index (κ2) is 7.96. The van der Waals surface area contributed by atoms with Gasteiger partial charge in [0.05, 0.1) is 12.0 Å². The molecule has 0 atom stereocenters. The van der Waals surface area contributed by atoms with Crippen molar-refractivity contribution in [3.8, 4) is 0 Å². The molecule has 0 spiro atoms. The maximum absolute atomic E-state index is 12.1. The van der Waals surface area contributed by atoms with E-state index in [0.29, 0.717) is 21.4 Å². The van der Waals surface area contributed by atoms with Gasteiger partial charge in [-0.05, 0) is 48.5 Å². The molecule has 126 valence electrons. The Morgan fingerprint density at radius 2 is 1.88 bits per heavy atom. The lowest BCUT2D eigenvalue weighted by Gasteiger charge is -2.03. The predicted molar refractivity (Wildman–Crippen MR) is 95.2 cm³/mol. The third-order valence-corrected chi connectivity index (χ3v) is 4.32. The lowest BCUT2D eigenvalue weighted by Crippen LogP contribution is -2.12.